The summed E-state index contributed by atoms with van der Waals surface area (Å²) in [6, 6.07) is 12.4. The van der Waals surface area contributed by atoms with Gasteiger partial charge in [0.05, 0.1) is 11.5 Å². The molecular weight excluding hydrogens is 456 g/mol. The van der Waals surface area contributed by atoms with Crippen LogP contribution in [0, 0.1) is 19.8 Å². The van der Waals surface area contributed by atoms with Crippen molar-refractivity contribution in [2.45, 2.75) is 38.5 Å². The fourth-order valence-electron chi connectivity index (χ4n) is 3.84. The van der Waals surface area contributed by atoms with Crippen LogP contribution in [0.15, 0.2) is 51.8 Å². The molecule has 2 aromatic carbocycles. The minimum atomic E-state index is -3.59. The maximum atomic E-state index is 13.0. The Morgan fingerprint density at radius 1 is 1.09 bits per heavy atom. The van der Waals surface area contributed by atoms with Crippen molar-refractivity contribution in [3.63, 3.8) is 0 Å². The summed E-state index contributed by atoms with van der Waals surface area (Å²) in [5, 5.41) is 10.6. The second-order valence-electron chi connectivity index (χ2n) is 8.28. The summed E-state index contributed by atoms with van der Waals surface area (Å²) in [5.41, 5.74) is 2.68. The van der Waals surface area contributed by atoms with Gasteiger partial charge in [-0.05, 0) is 81.1 Å². The van der Waals surface area contributed by atoms with Gasteiger partial charge in [0.1, 0.15) is 5.75 Å². The first kappa shape index (κ1) is 23.9. The summed E-state index contributed by atoms with van der Waals surface area (Å²) in [6.45, 7) is 6.87. The number of benzene rings is 2. The Morgan fingerprint density at radius 3 is 2.44 bits per heavy atom. The summed E-state index contributed by atoms with van der Waals surface area (Å²) in [5.74, 6) is 0.426. The predicted molar refractivity (Wildman–Crippen MR) is 127 cm³/mol. The number of carbonyl (C=O) groups excluding carboxylic acids is 1. The molecule has 1 amide bonds. The molecule has 2 heterocycles. The van der Waals surface area contributed by atoms with E-state index >= 15 is 0 Å². The first-order chi connectivity index (χ1) is 16.3. The van der Waals surface area contributed by atoms with Gasteiger partial charge in [-0.15, -0.1) is 5.10 Å². The second kappa shape index (κ2) is 9.94. The number of rotatable bonds is 7. The molecule has 0 spiro atoms. The Balaban J connectivity index is 1.34. The van der Waals surface area contributed by atoms with Gasteiger partial charge in [0.2, 0.25) is 21.8 Å². The van der Waals surface area contributed by atoms with Crippen molar-refractivity contribution in [2.24, 2.45) is 5.92 Å². The molecule has 0 saturated carbocycles. The number of hydrogen-bond donors (Lipinski definition) is 1. The summed E-state index contributed by atoms with van der Waals surface area (Å²) < 4.78 is 38.4. The van der Waals surface area contributed by atoms with Crippen LogP contribution in [0.2, 0.25) is 0 Å². The first-order valence-electron chi connectivity index (χ1n) is 11.2. The van der Waals surface area contributed by atoms with Gasteiger partial charge in [0.25, 0.3) is 0 Å². The van der Waals surface area contributed by atoms with Gasteiger partial charge in [-0.25, -0.2) is 8.42 Å². The van der Waals surface area contributed by atoms with Crippen LogP contribution in [0.5, 0.6) is 5.75 Å². The molecule has 3 aromatic rings. The number of amides is 1. The lowest BCUT2D eigenvalue weighted by Crippen LogP contribution is -2.41. The minimum Gasteiger partial charge on any atom is -0.494 e. The maximum absolute atomic E-state index is 13.0. The van der Waals surface area contributed by atoms with Gasteiger partial charge in [0.15, 0.2) is 0 Å². The Morgan fingerprint density at radius 2 is 1.79 bits per heavy atom. The van der Waals surface area contributed by atoms with Crippen molar-refractivity contribution in [1.82, 2.24) is 14.5 Å². The number of sulfonamides is 1. The van der Waals surface area contributed by atoms with Crippen LogP contribution in [0.3, 0.4) is 0 Å². The van der Waals surface area contributed by atoms with Crippen LogP contribution in [0.25, 0.3) is 11.5 Å². The number of hydrogen-bond acceptors (Lipinski definition) is 7. The Labute approximate surface area is 199 Å². The van der Waals surface area contributed by atoms with Gasteiger partial charge in [0, 0.05) is 24.6 Å². The Bertz CT molecular complexity index is 1260. The predicted octanol–water partition coefficient (Wildman–Crippen LogP) is 3.79. The van der Waals surface area contributed by atoms with Crippen molar-refractivity contribution in [3.8, 4) is 17.2 Å². The van der Waals surface area contributed by atoms with E-state index in [0.717, 1.165) is 16.9 Å². The molecule has 1 aromatic heterocycles. The van der Waals surface area contributed by atoms with E-state index in [-0.39, 0.29) is 41.7 Å². The number of piperidine rings is 1. The summed E-state index contributed by atoms with van der Waals surface area (Å²) in [4.78, 5) is 13.0. The molecule has 0 atom stereocenters. The highest BCUT2D eigenvalue weighted by Gasteiger charge is 2.32. The number of nitrogens with one attached hydrogen (secondary N) is 1. The molecule has 4 rings (SSSR count). The van der Waals surface area contributed by atoms with Crippen molar-refractivity contribution in [1.29, 1.82) is 0 Å². The van der Waals surface area contributed by atoms with Crippen LogP contribution in [0.4, 0.5) is 6.01 Å². The normalized spacial score (nSPS) is 15.3. The molecular formula is C24H28N4O5S. The molecule has 1 saturated heterocycles. The van der Waals surface area contributed by atoms with Gasteiger partial charge in [-0.3, -0.25) is 10.1 Å². The fraction of sp³-hybridized carbons (Fsp3) is 0.375. The SMILES string of the molecule is CCOc1ccc(-c2nnc(NC(=O)C3CCN(S(=O)(=O)c4ccc(C)c(C)c4)CC3)o2)cc1. The number of ether oxygens (including phenoxy) is 1. The quantitative estimate of drug-likeness (QED) is 0.542. The van der Waals surface area contributed by atoms with Crippen molar-refractivity contribution in [2.75, 3.05) is 25.0 Å². The van der Waals surface area contributed by atoms with Gasteiger partial charge < -0.3 is 9.15 Å². The first-order valence-corrected chi connectivity index (χ1v) is 12.7. The van der Waals surface area contributed by atoms with Crippen LogP contribution < -0.4 is 10.1 Å². The summed E-state index contributed by atoms with van der Waals surface area (Å²) in [7, 11) is -3.59. The van der Waals surface area contributed by atoms with E-state index in [2.05, 4.69) is 15.5 Å². The molecule has 0 radical (unpaired) electrons. The van der Waals surface area contributed by atoms with Gasteiger partial charge in [-0.1, -0.05) is 11.2 Å². The van der Waals surface area contributed by atoms with E-state index in [1.54, 1.807) is 36.4 Å². The molecule has 1 aliphatic heterocycles. The largest absolute Gasteiger partial charge is 0.494 e. The zero-order valence-electron chi connectivity index (χ0n) is 19.4. The van der Waals surface area contributed by atoms with Gasteiger partial charge in [-0.2, -0.15) is 4.31 Å². The third-order valence-electron chi connectivity index (χ3n) is 6.01. The molecule has 9 nitrogen and oxygen atoms in total. The second-order valence-corrected chi connectivity index (χ2v) is 10.2. The van der Waals surface area contributed by atoms with Crippen molar-refractivity contribution < 1.29 is 22.4 Å². The van der Waals surface area contributed by atoms with Crippen LogP contribution >= 0.6 is 0 Å². The number of aryl methyl sites for hydroxylation is 2. The van der Waals surface area contributed by atoms with Crippen LogP contribution in [-0.2, 0) is 14.8 Å². The van der Waals surface area contributed by atoms with Crippen molar-refractivity contribution >= 4 is 21.9 Å². The lowest BCUT2D eigenvalue weighted by Gasteiger charge is -2.30. The Hall–Kier alpha value is -3.24. The molecule has 10 heteroatoms. The van der Waals surface area contributed by atoms with E-state index in [1.165, 1.54) is 4.31 Å². The third-order valence-corrected chi connectivity index (χ3v) is 7.90. The lowest BCUT2D eigenvalue weighted by molar-refractivity contribution is -0.121. The highest BCUT2D eigenvalue weighted by Crippen LogP contribution is 2.27. The standard InChI is InChI=1S/C24H28N4O5S/c1-4-32-20-8-6-19(7-9-20)23-26-27-24(33-23)25-22(29)18-11-13-28(14-12-18)34(30,31)21-10-5-16(2)17(3)15-21/h5-10,15,18H,4,11-14H2,1-3H3,(H,25,27,29). The van der Waals surface area contributed by atoms with E-state index in [0.29, 0.717) is 25.0 Å². The number of nitrogens with zero attached hydrogens (tertiary/aromatic N) is 3. The van der Waals surface area contributed by atoms with Gasteiger partial charge >= 0.3 is 6.01 Å². The van der Waals surface area contributed by atoms with Crippen LogP contribution in [-0.4, -0.2) is 48.5 Å². The molecule has 180 valence electrons. The third kappa shape index (κ3) is 5.13. The topological polar surface area (TPSA) is 115 Å². The average molecular weight is 485 g/mol. The molecule has 1 N–H and O–H groups in total. The molecule has 34 heavy (non-hydrogen) atoms. The fourth-order valence-corrected chi connectivity index (χ4v) is 5.40. The monoisotopic (exact) mass is 484 g/mol. The van der Waals surface area contributed by atoms with Crippen molar-refractivity contribution in [3.05, 3.63) is 53.6 Å². The maximum Gasteiger partial charge on any atom is 0.322 e. The molecule has 0 unspecified atom stereocenters. The highest BCUT2D eigenvalue weighted by molar-refractivity contribution is 7.89. The van der Waals surface area contributed by atoms with E-state index in [9.17, 15) is 13.2 Å². The summed E-state index contributed by atoms with van der Waals surface area (Å²) >= 11 is 0. The number of carbonyl (C=O) groups is 1. The van der Waals surface area contributed by atoms with E-state index < -0.39 is 10.0 Å². The minimum absolute atomic E-state index is 0.0130. The number of anilines is 1. The average Bonchev–Trinajstić information content (AvgIpc) is 3.30. The molecule has 0 bridgehead atoms. The Kier molecular flexibility index (Phi) is 6.99. The lowest BCUT2D eigenvalue weighted by atomic mass is 9.97. The molecule has 1 aliphatic rings. The molecule has 1 fully saturated rings. The van der Waals surface area contributed by atoms with Crippen LogP contribution in [0.1, 0.15) is 30.9 Å². The van der Waals surface area contributed by atoms with E-state index in [1.807, 2.05) is 26.8 Å². The zero-order chi connectivity index (χ0) is 24.3. The molecule has 0 aliphatic carbocycles. The highest BCUT2D eigenvalue weighted by atomic mass is 32.2. The van der Waals surface area contributed by atoms with E-state index in [4.69, 9.17) is 9.15 Å². The zero-order valence-corrected chi connectivity index (χ0v) is 20.3. The summed E-state index contributed by atoms with van der Waals surface area (Å²) in [6.07, 6.45) is 0.825. The smallest absolute Gasteiger partial charge is 0.322 e. The number of aromatic nitrogens is 2.